The molecule has 2 aliphatic rings. The van der Waals surface area contributed by atoms with Crippen LogP contribution in [0, 0.1) is 0 Å². The average Bonchev–Trinajstić information content (AvgIpc) is 3.51. The Morgan fingerprint density at radius 2 is 1.62 bits per heavy atom. The summed E-state index contributed by atoms with van der Waals surface area (Å²) in [4.78, 5) is 17.0. The third-order valence-electron chi connectivity index (χ3n) is 5.73. The standard InChI is InChI=1S/C22H26N2O2/c1-26-21(25)22(11-12-22)19-9-7-18(8-10-19)17-23-13-15-24(16-14-23)20-5-3-2-4-6-20/h2-10H,11-17H2,1H3. The first kappa shape index (κ1) is 17.1. The van der Waals surface area contributed by atoms with Gasteiger partial charge in [-0.2, -0.15) is 0 Å². The number of nitrogens with zero attached hydrogens (tertiary/aromatic N) is 2. The maximum absolute atomic E-state index is 12.0. The number of hydrogen-bond donors (Lipinski definition) is 0. The molecule has 1 aliphatic heterocycles. The van der Waals surface area contributed by atoms with Crippen LogP contribution in [0.4, 0.5) is 5.69 Å². The van der Waals surface area contributed by atoms with Gasteiger partial charge in [0.25, 0.3) is 0 Å². The van der Waals surface area contributed by atoms with Gasteiger partial charge >= 0.3 is 5.97 Å². The molecule has 2 fully saturated rings. The number of para-hydroxylation sites is 1. The van der Waals surface area contributed by atoms with E-state index in [0.29, 0.717) is 0 Å². The molecule has 0 N–H and O–H groups in total. The number of methoxy groups -OCH3 is 1. The van der Waals surface area contributed by atoms with Crippen molar-refractivity contribution in [3.63, 3.8) is 0 Å². The number of carbonyl (C=O) groups excluding carboxylic acids is 1. The fourth-order valence-corrected chi connectivity index (χ4v) is 3.92. The molecule has 1 aliphatic carbocycles. The first-order chi connectivity index (χ1) is 12.7. The lowest BCUT2D eigenvalue weighted by Crippen LogP contribution is -2.45. The Kier molecular flexibility index (Phi) is 4.68. The molecular formula is C22H26N2O2. The summed E-state index contributed by atoms with van der Waals surface area (Å²) < 4.78 is 4.98. The lowest BCUT2D eigenvalue weighted by Gasteiger charge is -2.36. The molecule has 0 aromatic heterocycles. The summed E-state index contributed by atoms with van der Waals surface area (Å²) in [6.45, 7) is 5.24. The summed E-state index contributed by atoms with van der Waals surface area (Å²) in [6.07, 6.45) is 1.81. The minimum absolute atomic E-state index is 0.0951. The zero-order valence-electron chi connectivity index (χ0n) is 15.4. The zero-order chi connectivity index (χ0) is 18.0. The third kappa shape index (κ3) is 3.34. The molecule has 26 heavy (non-hydrogen) atoms. The maximum Gasteiger partial charge on any atom is 0.316 e. The van der Waals surface area contributed by atoms with E-state index >= 15 is 0 Å². The minimum atomic E-state index is -0.366. The number of piperazine rings is 1. The maximum atomic E-state index is 12.0. The molecule has 0 spiro atoms. The predicted molar refractivity (Wildman–Crippen MR) is 103 cm³/mol. The number of hydrogen-bond acceptors (Lipinski definition) is 4. The Morgan fingerprint density at radius 3 is 2.19 bits per heavy atom. The van der Waals surface area contributed by atoms with Crippen LogP contribution in [0.15, 0.2) is 54.6 Å². The molecule has 0 bridgehead atoms. The van der Waals surface area contributed by atoms with Crippen LogP contribution >= 0.6 is 0 Å². The van der Waals surface area contributed by atoms with E-state index < -0.39 is 0 Å². The van der Waals surface area contributed by atoms with Gasteiger partial charge in [0, 0.05) is 38.4 Å². The van der Waals surface area contributed by atoms with Crippen LogP contribution in [0.3, 0.4) is 0 Å². The Morgan fingerprint density at radius 1 is 0.962 bits per heavy atom. The zero-order valence-corrected chi connectivity index (χ0v) is 15.4. The van der Waals surface area contributed by atoms with Crippen LogP contribution in [-0.4, -0.2) is 44.2 Å². The van der Waals surface area contributed by atoms with E-state index in [2.05, 4.69) is 64.4 Å². The van der Waals surface area contributed by atoms with Crippen LogP contribution in [0.25, 0.3) is 0 Å². The summed E-state index contributed by atoms with van der Waals surface area (Å²) in [5.41, 5.74) is 3.35. The summed E-state index contributed by atoms with van der Waals surface area (Å²) in [7, 11) is 1.48. The van der Waals surface area contributed by atoms with E-state index in [1.165, 1.54) is 18.4 Å². The fourth-order valence-electron chi connectivity index (χ4n) is 3.92. The Hall–Kier alpha value is -2.33. The SMILES string of the molecule is COC(=O)C1(c2ccc(CN3CCN(c4ccccc4)CC3)cc2)CC1. The molecule has 0 amide bonds. The summed E-state index contributed by atoms with van der Waals surface area (Å²) in [6, 6.07) is 19.2. The summed E-state index contributed by atoms with van der Waals surface area (Å²) >= 11 is 0. The highest BCUT2D eigenvalue weighted by molar-refractivity contribution is 5.86. The molecule has 4 heteroatoms. The van der Waals surface area contributed by atoms with Crippen LogP contribution in [-0.2, 0) is 21.5 Å². The fraction of sp³-hybridized carbons (Fsp3) is 0.409. The highest BCUT2D eigenvalue weighted by Gasteiger charge is 2.52. The number of esters is 1. The first-order valence-corrected chi connectivity index (χ1v) is 9.41. The van der Waals surface area contributed by atoms with Gasteiger partial charge < -0.3 is 9.64 Å². The minimum Gasteiger partial charge on any atom is -0.468 e. The molecule has 2 aromatic rings. The second kappa shape index (κ2) is 7.12. The van der Waals surface area contributed by atoms with E-state index in [9.17, 15) is 4.79 Å². The van der Waals surface area contributed by atoms with Crippen molar-refractivity contribution in [2.45, 2.75) is 24.8 Å². The summed E-state index contributed by atoms with van der Waals surface area (Å²) in [5.74, 6) is -0.0951. The van der Waals surface area contributed by atoms with Gasteiger partial charge in [0.05, 0.1) is 12.5 Å². The Bertz CT molecular complexity index is 745. The molecule has 1 saturated carbocycles. The van der Waals surface area contributed by atoms with Crippen molar-refractivity contribution in [3.05, 3.63) is 65.7 Å². The van der Waals surface area contributed by atoms with Crippen LogP contribution < -0.4 is 4.90 Å². The van der Waals surface area contributed by atoms with Crippen molar-refractivity contribution in [1.29, 1.82) is 0 Å². The van der Waals surface area contributed by atoms with Crippen molar-refractivity contribution >= 4 is 11.7 Å². The monoisotopic (exact) mass is 350 g/mol. The van der Waals surface area contributed by atoms with E-state index in [1.807, 2.05) is 0 Å². The molecular weight excluding hydrogens is 324 g/mol. The number of benzene rings is 2. The molecule has 0 unspecified atom stereocenters. The quantitative estimate of drug-likeness (QED) is 0.775. The van der Waals surface area contributed by atoms with Gasteiger partial charge in [-0.25, -0.2) is 0 Å². The van der Waals surface area contributed by atoms with Gasteiger partial charge in [-0.1, -0.05) is 42.5 Å². The highest BCUT2D eigenvalue weighted by atomic mass is 16.5. The lowest BCUT2D eigenvalue weighted by atomic mass is 9.95. The van der Waals surface area contributed by atoms with E-state index in [-0.39, 0.29) is 11.4 Å². The van der Waals surface area contributed by atoms with Gasteiger partial charge in [0.2, 0.25) is 0 Å². The topological polar surface area (TPSA) is 32.8 Å². The van der Waals surface area contributed by atoms with Gasteiger partial charge in [-0.3, -0.25) is 9.69 Å². The number of rotatable bonds is 5. The molecule has 1 heterocycles. The number of anilines is 1. The van der Waals surface area contributed by atoms with E-state index in [0.717, 1.165) is 51.1 Å². The molecule has 2 aromatic carbocycles. The lowest BCUT2D eigenvalue weighted by molar-refractivity contribution is -0.143. The molecule has 4 rings (SSSR count). The van der Waals surface area contributed by atoms with Gasteiger partial charge in [0.1, 0.15) is 0 Å². The Balaban J connectivity index is 1.34. The number of carbonyl (C=O) groups is 1. The number of ether oxygens (including phenoxy) is 1. The van der Waals surface area contributed by atoms with Crippen molar-refractivity contribution < 1.29 is 9.53 Å². The second-order valence-electron chi connectivity index (χ2n) is 7.37. The van der Waals surface area contributed by atoms with Gasteiger partial charge in [0.15, 0.2) is 0 Å². The van der Waals surface area contributed by atoms with Crippen LogP contribution in [0.1, 0.15) is 24.0 Å². The van der Waals surface area contributed by atoms with Crippen molar-refractivity contribution in [1.82, 2.24) is 4.90 Å². The van der Waals surface area contributed by atoms with E-state index in [1.54, 1.807) is 0 Å². The molecule has 0 atom stereocenters. The smallest absolute Gasteiger partial charge is 0.316 e. The van der Waals surface area contributed by atoms with Gasteiger partial charge in [-0.15, -0.1) is 0 Å². The Labute approximate surface area is 155 Å². The largest absolute Gasteiger partial charge is 0.468 e. The summed E-state index contributed by atoms with van der Waals surface area (Å²) in [5, 5.41) is 0. The molecule has 0 radical (unpaired) electrons. The third-order valence-corrected chi connectivity index (χ3v) is 5.73. The molecule has 4 nitrogen and oxygen atoms in total. The average molecular weight is 350 g/mol. The van der Waals surface area contributed by atoms with Crippen molar-refractivity contribution in [3.8, 4) is 0 Å². The van der Waals surface area contributed by atoms with Crippen molar-refractivity contribution in [2.75, 3.05) is 38.2 Å². The second-order valence-corrected chi connectivity index (χ2v) is 7.37. The van der Waals surface area contributed by atoms with Gasteiger partial charge in [-0.05, 0) is 36.1 Å². The predicted octanol–water partition coefficient (Wildman–Crippen LogP) is 3.21. The molecule has 136 valence electrons. The molecule has 1 saturated heterocycles. The van der Waals surface area contributed by atoms with Crippen molar-refractivity contribution in [2.24, 2.45) is 0 Å². The van der Waals surface area contributed by atoms with Crippen LogP contribution in [0.2, 0.25) is 0 Å². The normalized spacial score (nSPS) is 19.2. The highest BCUT2D eigenvalue weighted by Crippen LogP contribution is 2.49. The van der Waals surface area contributed by atoms with Crippen LogP contribution in [0.5, 0.6) is 0 Å². The first-order valence-electron chi connectivity index (χ1n) is 9.41. The van der Waals surface area contributed by atoms with E-state index in [4.69, 9.17) is 4.74 Å².